The van der Waals surface area contributed by atoms with E-state index in [1.807, 2.05) is 13.8 Å². The fourth-order valence-corrected chi connectivity index (χ4v) is 4.02. The van der Waals surface area contributed by atoms with Crippen molar-refractivity contribution in [2.75, 3.05) is 12.3 Å². The first kappa shape index (κ1) is 31.4. The van der Waals surface area contributed by atoms with E-state index in [1.54, 1.807) is 45.0 Å². The Morgan fingerprint density at radius 1 is 1.08 bits per heavy atom. The van der Waals surface area contributed by atoms with Gasteiger partial charge in [-0.2, -0.15) is 12.6 Å². The van der Waals surface area contributed by atoms with E-state index >= 15 is 0 Å². The Morgan fingerprint density at radius 3 is 2.28 bits per heavy atom. The second kappa shape index (κ2) is 15.5. The minimum absolute atomic E-state index is 0.0414. The molecule has 1 aromatic rings. The van der Waals surface area contributed by atoms with Crippen LogP contribution in [-0.2, 0) is 14.3 Å². The first-order valence-electron chi connectivity index (χ1n) is 12.7. The van der Waals surface area contributed by atoms with Crippen molar-refractivity contribution in [2.24, 2.45) is 0 Å². The zero-order valence-corrected chi connectivity index (χ0v) is 23.5. The molecule has 0 aliphatic rings. The number of benzene rings is 1. The molecule has 0 aliphatic carbocycles. The number of rotatable bonds is 13. The van der Waals surface area contributed by atoms with Gasteiger partial charge in [0.2, 0.25) is 11.8 Å². The maximum absolute atomic E-state index is 13.9. The van der Waals surface area contributed by atoms with Crippen molar-refractivity contribution in [3.05, 3.63) is 35.4 Å². The van der Waals surface area contributed by atoms with E-state index in [4.69, 9.17) is 11.2 Å². The van der Waals surface area contributed by atoms with Gasteiger partial charge in [0.05, 0.1) is 0 Å². The summed E-state index contributed by atoms with van der Waals surface area (Å²) in [6.07, 6.45) is 9.90. The topological polar surface area (TPSA) is 87.7 Å². The Kier molecular flexibility index (Phi) is 13.5. The van der Waals surface area contributed by atoms with E-state index in [1.165, 1.54) is 4.90 Å². The Labute approximate surface area is 222 Å². The van der Waals surface area contributed by atoms with Crippen LogP contribution in [0.4, 0.5) is 4.79 Å². The molecule has 0 fully saturated rings. The molecule has 200 valence electrons. The molecule has 8 heteroatoms. The first-order valence-corrected chi connectivity index (χ1v) is 13.3. The highest BCUT2D eigenvalue weighted by molar-refractivity contribution is 7.80. The molecule has 2 atom stereocenters. The molecule has 7 nitrogen and oxygen atoms in total. The Hall–Kier alpha value is -2.66. The number of alkyl carbamates (subject to hydrolysis) is 1. The molecule has 2 N–H and O–H groups in total. The molecule has 0 radical (unpaired) electrons. The summed E-state index contributed by atoms with van der Waals surface area (Å²) < 4.78 is 5.35. The van der Waals surface area contributed by atoms with E-state index in [0.29, 0.717) is 24.1 Å². The van der Waals surface area contributed by atoms with Crippen LogP contribution in [0.25, 0.3) is 0 Å². The summed E-state index contributed by atoms with van der Waals surface area (Å²) in [4.78, 5) is 41.4. The van der Waals surface area contributed by atoms with Crippen LogP contribution < -0.4 is 10.6 Å². The lowest BCUT2D eigenvalue weighted by molar-refractivity contribution is -0.142. The van der Waals surface area contributed by atoms with Crippen molar-refractivity contribution in [2.45, 2.75) is 97.4 Å². The van der Waals surface area contributed by atoms with Crippen molar-refractivity contribution in [3.63, 3.8) is 0 Å². The van der Waals surface area contributed by atoms with E-state index in [-0.39, 0.29) is 17.7 Å². The van der Waals surface area contributed by atoms with Gasteiger partial charge >= 0.3 is 6.09 Å². The third kappa shape index (κ3) is 10.5. The van der Waals surface area contributed by atoms with Crippen molar-refractivity contribution in [1.82, 2.24) is 15.5 Å². The predicted molar refractivity (Wildman–Crippen MR) is 148 cm³/mol. The molecule has 2 unspecified atom stereocenters. The van der Waals surface area contributed by atoms with Gasteiger partial charge in [-0.05, 0) is 52.7 Å². The van der Waals surface area contributed by atoms with E-state index in [9.17, 15) is 14.4 Å². The van der Waals surface area contributed by atoms with E-state index in [2.05, 4.69) is 36.1 Å². The number of hydrogen-bond donors (Lipinski definition) is 3. The summed E-state index contributed by atoms with van der Waals surface area (Å²) in [6, 6.07) is 5.04. The number of unbranched alkanes of at least 4 members (excludes halogenated alkanes) is 4. The monoisotopic (exact) mass is 517 g/mol. The maximum atomic E-state index is 13.9. The number of hydrogen-bond acceptors (Lipinski definition) is 5. The molecular formula is C28H43N3O4S. The molecule has 1 aromatic carbocycles. The average Bonchev–Trinajstić information content (AvgIpc) is 2.79. The van der Waals surface area contributed by atoms with Crippen LogP contribution in [0.5, 0.6) is 0 Å². The van der Waals surface area contributed by atoms with Crippen molar-refractivity contribution >= 4 is 30.5 Å². The van der Waals surface area contributed by atoms with Crippen LogP contribution in [-0.4, -0.2) is 52.8 Å². The fourth-order valence-electron chi connectivity index (χ4n) is 3.77. The standard InChI is InChI=1S/C28H43N3O4S/c1-8-10-11-12-15-18-31(26(33)23(19-36)30-27(34)35-28(5,6)7)24(25(32)29-20(3)4)22-17-14-13-16-21(22)9-2/h2,13-14,16-17,20,23-24,36H,8,10-12,15,18-19H2,1,3-7H3,(H,29,32)(H,30,34). The molecular weight excluding hydrogens is 474 g/mol. The largest absolute Gasteiger partial charge is 0.444 e. The van der Waals surface area contributed by atoms with Gasteiger partial charge in [0, 0.05) is 23.9 Å². The summed E-state index contributed by atoms with van der Waals surface area (Å²) in [5, 5.41) is 5.56. The summed E-state index contributed by atoms with van der Waals surface area (Å²) >= 11 is 4.32. The number of nitrogens with zero attached hydrogens (tertiary/aromatic N) is 1. The Balaban J connectivity index is 3.43. The van der Waals surface area contributed by atoms with Crippen LogP contribution in [0.2, 0.25) is 0 Å². The normalized spacial score (nSPS) is 12.9. The first-order chi connectivity index (χ1) is 16.9. The quantitative estimate of drug-likeness (QED) is 0.198. The number of ether oxygens (including phenoxy) is 1. The van der Waals surface area contributed by atoms with Gasteiger partial charge in [-0.1, -0.05) is 56.7 Å². The van der Waals surface area contributed by atoms with Crippen LogP contribution in [0, 0.1) is 12.3 Å². The Morgan fingerprint density at radius 2 is 1.72 bits per heavy atom. The lowest BCUT2D eigenvalue weighted by atomic mass is 9.97. The third-order valence-electron chi connectivity index (χ3n) is 5.36. The highest BCUT2D eigenvalue weighted by Gasteiger charge is 2.36. The molecule has 0 saturated heterocycles. The summed E-state index contributed by atoms with van der Waals surface area (Å²) in [7, 11) is 0. The highest BCUT2D eigenvalue weighted by atomic mass is 32.1. The lowest BCUT2D eigenvalue weighted by Crippen LogP contribution is -2.54. The third-order valence-corrected chi connectivity index (χ3v) is 5.72. The van der Waals surface area contributed by atoms with Crippen molar-refractivity contribution < 1.29 is 19.1 Å². The predicted octanol–water partition coefficient (Wildman–Crippen LogP) is 4.86. The highest BCUT2D eigenvalue weighted by Crippen LogP contribution is 2.27. The molecule has 1 rings (SSSR count). The van der Waals surface area contributed by atoms with Gasteiger partial charge in [0.1, 0.15) is 17.7 Å². The van der Waals surface area contributed by atoms with Gasteiger partial charge < -0.3 is 20.3 Å². The van der Waals surface area contributed by atoms with Crippen LogP contribution in [0.15, 0.2) is 24.3 Å². The van der Waals surface area contributed by atoms with Gasteiger partial charge in [-0.25, -0.2) is 4.79 Å². The number of amides is 3. The van der Waals surface area contributed by atoms with Crippen LogP contribution in [0.3, 0.4) is 0 Å². The molecule has 0 saturated carbocycles. The second-order valence-electron chi connectivity index (χ2n) is 10.1. The van der Waals surface area contributed by atoms with Gasteiger partial charge in [0.15, 0.2) is 0 Å². The van der Waals surface area contributed by atoms with Crippen LogP contribution >= 0.6 is 12.6 Å². The zero-order chi connectivity index (χ0) is 27.3. The fraction of sp³-hybridized carbons (Fsp3) is 0.607. The number of thiol groups is 1. The number of carbonyl (C=O) groups excluding carboxylic acids is 3. The van der Waals surface area contributed by atoms with Gasteiger partial charge in [0.25, 0.3) is 0 Å². The van der Waals surface area contributed by atoms with Crippen molar-refractivity contribution in [1.29, 1.82) is 0 Å². The minimum atomic E-state index is -0.980. The van der Waals surface area contributed by atoms with Gasteiger partial charge in [-0.3, -0.25) is 9.59 Å². The SMILES string of the molecule is C#Cc1ccccc1C(C(=O)NC(C)C)N(CCCCCCC)C(=O)C(CS)NC(=O)OC(C)(C)C. The summed E-state index contributed by atoms with van der Waals surface area (Å²) in [6.45, 7) is 11.4. The number of terminal acetylenes is 1. The smallest absolute Gasteiger partial charge is 0.408 e. The second-order valence-corrected chi connectivity index (χ2v) is 10.5. The molecule has 0 spiro atoms. The minimum Gasteiger partial charge on any atom is -0.444 e. The summed E-state index contributed by atoms with van der Waals surface area (Å²) in [5.41, 5.74) is 0.376. The molecule has 0 heterocycles. The lowest BCUT2D eigenvalue weighted by Gasteiger charge is -2.35. The van der Waals surface area contributed by atoms with Crippen LogP contribution in [0.1, 0.15) is 90.8 Å². The maximum Gasteiger partial charge on any atom is 0.408 e. The number of carbonyl (C=O) groups is 3. The number of nitrogens with one attached hydrogen (secondary N) is 2. The summed E-state index contributed by atoms with van der Waals surface area (Å²) in [5.74, 6) is 1.94. The van der Waals surface area contributed by atoms with Crippen molar-refractivity contribution in [3.8, 4) is 12.3 Å². The molecule has 36 heavy (non-hydrogen) atoms. The molecule has 0 bridgehead atoms. The van der Waals surface area contributed by atoms with E-state index < -0.39 is 29.7 Å². The molecule has 3 amide bonds. The Bertz CT molecular complexity index is 905. The van der Waals surface area contributed by atoms with E-state index in [0.717, 1.165) is 25.7 Å². The van der Waals surface area contributed by atoms with Gasteiger partial charge in [-0.15, -0.1) is 6.42 Å². The molecule has 0 aliphatic heterocycles. The molecule has 0 aromatic heterocycles. The average molecular weight is 518 g/mol. The zero-order valence-electron chi connectivity index (χ0n) is 22.6.